The van der Waals surface area contributed by atoms with Crippen molar-refractivity contribution in [2.75, 3.05) is 6.61 Å². The molecule has 1 unspecified atom stereocenters. The number of carbonyl (C=O) groups is 2. The number of hydrogen-bond donors (Lipinski definition) is 2. The fourth-order valence-corrected chi connectivity index (χ4v) is 2.06. The van der Waals surface area contributed by atoms with Crippen molar-refractivity contribution in [1.82, 2.24) is 5.32 Å². The lowest BCUT2D eigenvalue weighted by Gasteiger charge is -2.18. The van der Waals surface area contributed by atoms with Crippen molar-refractivity contribution in [3.63, 3.8) is 0 Å². The minimum Gasteiger partial charge on any atom is -0.479 e. The van der Waals surface area contributed by atoms with E-state index in [9.17, 15) is 9.59 Å². The second-order valence-electron chi connectivity index (χ2n) is 4.54. The highest BCUT2D eigenvalue weighted by molar-refractivity contribution is 6.67. The standard InChI is InChI=1S/C12H16Cl3NO4/c13-12(14,15)7-20-11(19)16-9(10(17)18)6-8-4-2-1-3-5-8/h6,9H,1-5,7H2,(H,16,19)(H,17,18). The van der Waals surface area contributed by atoms with Gasteiger partial charge in [0.05, 0.1) is 0 Å². The molecule has 0 aromatic carbocycles. The molecule has 0 bridgehead atoms. The van der Waals surface area contributed by atoms with Gasteiger partial charge in [0.1, 0.15) is 12.6 Å². The molecule has 1 rings (SSSR count). The van der Waals surface area contributed by atoms with Gasteiger partial charge in [-0.2, -0.15) is 0 Å². The molecule has 0 aliphatic heterocycles. The predicted molar refractivity (Wildman–Crippen MR) is 77.4 cm³/mol. The van der Waals surface area contributed by atoms with E-state index < -0.39 is 28.5 Å². The first-order chi connectivity index (χ1) is 9.28. The molecule has 114 valence electrons. The van der Waals surface area contributed by atoms with E-state index in [0.29, 0.717) is 0 Å². The van der Waals surface area contributed by atoms with E-state index in [1.165, 1.54) is 0 Å². The van der Waals surface area contributed by atoms with E-state index in [1.54, 1.807) is 6.08 Å². The highest BCUT2D eigenvalue weighted by Gasteiger charge is 2.24. The fraction of sp³-hybridized carbons (Fsp3) is 0.667. The van der Waals surface area contributed by atoms with Crippen molar-refractivity contribution in [2.24, 2.45) is 0 Å². The first-order valence-corrected chi connectivity index (χ1v) is 7.34. The van der Waals surface area contributed by atoms with Crippen molar-refractivity contribution in [2.45, 2.75) is 41.9 Å². The molecular formula is C12H16Cl3NO4. The van der Waals surface area contributed by atoms with Gasteiger partial charge in [0.2, 0.25) is 3.79 Å². The van der Waals surface area contributed by atoms with Gasteiger partial charge in [-0.3, -0.25) is 0 Å². The molecule has 0 aromatic rings. The van der Waals surface area contributed by atoms with Gasteiger partial charge in [-0.15, -0.1) is 0 Å². The second-order valence-corrected chi connectivity index (χ2v) is 7.05. The lowest BCUT2D eigenvalue weighted by atomic mass is 9.93. The molecule has 5 nitrogen and oxygen atoms in total. The summed E-state index contributed by atoms with van der Waals surface area (Å²) in [5.41, 5.74) is 1.03. The first kappa shape index (κ1) is 17.4. The van der Waals surface area contributed by atoms with Crippen LogP contribution in [0.2, 0.25) is 0 Å². The molecule has 1 fully saturated rings. The van der Waals surface area contributed by atoms with E-state index in [4.69, 9.17) is 39.9 Å². The van der Waals surface area contributed by atoms with Gasteiger partial charge in [0.15, 0.2) is 0 Å². The SMILES string of the molecule is O=C(NC(C=C1CCCCC1)C(=O)O)OCC(Cl)(Cl)Cl. The topological polar surface area (TPSA) is 75.6 Å². The minimum absolute atomic E-state index is 0.452. The van der Waals surface area contributed by atoms with E-state index in [1.807, 2.05) is 0 Å². The summed E-state index contributed by atoms with van der Waals surface area (Å²) < 4.78 is 2.91. The zero-order valence-electron chi connectivity index (χ0n) is 10.7. The van der Waals surface area contributed by atoms with Gasteiger partial charge in [-0.25, -0.2) is 9.59 Å². The van der Waals surface area contributed by atoms with Crippen LogP contribution in [0.1, 0.15) is 32.1 Å². The Kier molecular flexibility index (Phi) is 6.92. The van der Waals surface area contributed by atoms with Crippen LogP contribution in [0.15, 0.2) is 11.6 Å². The summed E-state index contributed by atoms with van der Waals surface area (Å²) in [7, 11) is 0. The molecule has 1 aliphatic carbocycles. The first-order valence-electron chi connectivity index (χ1n) is 6.20. The van der Waals surface area contributed by atoms with E-state index in [-0.39, 0.29) is 0 Å². The Bertz CT molecular complexity index is 385. The third-order valence-corrected chi connectivity index (χ3v) is 3.13. The molecule has 1 atom stereocenters. The number of carboxylic acid groups (broad SMARTS) is 1. The molecular weight excluding hydrogens is 328 g/mol. The van der Waals surface area contributed by atoms with Crippen LogP contribution in [-0.2, 0) is 9.53 Å². The monoisotopic (exact) mass is 343 g/mol. The molecule has 20 heavy (non-hydrogen) atoms. The van der Waals surface area contributed by atoms with Crippen LogP contribution in [0.25, 0.3) is 0 Å². The van der Waals surface area contributed by atoms with Crippen LogP contribution in [0.3, 0.4) is 0 Å². The summed E-state index contributed by atoms with van der Waals surface area (Å²) in [5.74, 6) is -1.16. The molecule has 1 aliphatic rings. The average Bonchev–Trinajstić information content (AvgIpc) is 2.36. The Morgan fingerprint density at radius 2 is 1.90 bits per heavy atom. The van der Waals surface area contributed by atoms with E-state index in [2.05, 4.69) is 10.1 Å². The predicted octanol–water partition coefficient (Wildman–Crippen LogP) is 3.43. The maximum absolute atomic E-state index is 11.4. The number of halogens is 3. The zero-order chi connectivity index (χ0) is 15.2. The lowest BCUT2D eigenvalue weighted by molar-refractivity contribution is -0.138. The van der Waals surface area contributed by atoms with Crippen molar-refractivity contribution >= 4 is 46.9 Å². The van der Waals surface area contributed by atoms with Gasteiger partial charge < -0.3 is 15.2 Å². The van der Waals surface area contributed by atoms with Gasteiger partial charge in [-0.05, 0) is 25.7 Å². The molecule has 0 heterocycles. The van der Waals surface area contributed by atoms with Crippen molar-refractivity contribution in [3.05, 3.63) is 11.6 Å². The van der Waals surface area contributed by atoms with Crippen LogP contribution >= 0.6 is 34.8 Å². The Morgan fingerprint density at radius 3 is 2.40 bits per heavy atom. The summed E-state index contributed by atoms with van der Waals surface area (Å²) in [6, 6.07) is -1.13. The van der Waals surface area contributed by atoms with Gasteiger partial charge in [0, 0.05) is 0 Å². The number of hydrogen-bond acceptors (Lipinski definition) is 3. The Morgan fingerprint density at radius 1 is 1.30 bits per heavy atom. The van der Waals surface area contributed by atoms with Crippen LogP contribution < -0.4 is 5.32 Å². The van der Waals surface area contributed by atoms with Gasteiger partial charge in [0.25, 0.3) is 0 Å². The number of allylic oxidation sites excluding steroid dienone is 1. The largest absolute Gasteiger partial charge is 0.479 e. The number of amides is 1. The number of aliphatic carboxylic acids is 1. The highest BCUT2D eigenvalue weighted by atomic mass is 35.6. The summed E-state index contributed by atoms with van der Waals surface area (Å²) in [5, 5.41) is 11.3. The maximum atomic E-state index is 11.4. The third kappa shape index (κ3) is 7.22. The lowest BCUT2D eigenvalue weighted by Crippen LogP contribution is -2.40. The Hall–Kier alpha value is -0.650. The Labute approximate surface area is 132 Å². The number of alkyl halides is 3. The molecule has 8 heteroatoms. The van der Waals surface area contributed by atoms with Crippen LogP contribution in [-0.4, -0.2) is 33.6 Å². The fourth-order valence-electron chi connectivity index (χ4n) is 1.90. The normalized spacial score (nSPS) is 17.2. The number of rotatable bonds is 4. The van der Waals surface area contributed by atoms with Gasteiger partial charge >= 0.3 is 12.1 Å². The number of alkyl carbamates (subject to hydrolysis) is 1. The number of nitrogens with one attached hydrogen (secondary N) is 1. The molecule has 0 radical (unpaired) electrons. The third-order valence-electron chi connectivity index (χ3n) is 2.80. The molecule has 0 aromatic heterocycles. The van der Waals surface area contributed by atoms with Crippen LogP contribution in [0.5, 0.6) is 0 Å². The zero-order valence-corrected chi connectivity index (χ0v) is 13.0. The highest BCUT2D eigenvalue weighted by Crippen LogP contribution is 2.26. The summed E-state index contributed by atoms with van der Waals surface area (Å²) >= 11 is 16.3. The molecule has 2 N–H and O–H groups in total. The van der Waals surface area contributed by atoms with Crippen molar-refractivity contribution in [1.29, 1.82) is 0 Å². The van der Waals surface area contributed by atoms with E-state index in [0.717, 1.165) is 37.7 Å². The molecule has 1 saturated carbocycles. The summed E-state index contributed by atoms with van der Waals surface area (Å²) in [6.07, 6.45) is 5.55. The van der Waals surface area contributed by atoms with Crippen molar-refractivity contribution < 1.29 is 19.4 Å². The quantitative estimate of drug-likeness (QED) is 0.605. The number of ether oxygens (including phenoxy) is 1. The summed E-state index contributed by atoms with van der Waals surface area (Å²) in [4.78, 5) is 22.6. The Balaban J connectivity index is 2.54. The van der Waals surface area contributed by atoms with Crippen LogP contribution in [0.4, 0.5) is 4.79 Å². The van der Waals surface area contributed by atoms with E-state index >= 15 is 0 Å². The van der Waals surface area contributed by atoms with Crippen molar-refractivity contribution in [3.8, 4) is 0 Å². The summed E-state index contributed by atoms with van der Waals surface area (Å²) in [6.45, 7) is -0.452. The molecule has 0 spiro atoms. The smallest absolute Gasteiger partial charge is 0.408 e. The van der Waals surface area contributed by atoms with Gasteiger partial charge in [-0.1, -0.05) is 52.9 Å². The molecule has 1 amide bonds. The van der Waals surface area contributed by atoms with Crippen LogP contribution in [0, 0.1) is 0 Å². The number of carbonyl (C=O) groups excluding carboxylic acids is 1. The number of carboxylic acids is 1. The molecule has 0 saturated heterocycles. The average molecular weight is 345 g/mol. The second kappa shape index (κ2) is 7.96. The maximum Gasteiger partial charge on any atom is 0.408 e. The minimum atomic E-state index is -1.72.